The number of alkyl halides is 3. The van der Waals surface area contributed by atoms with Crippen molar-refractivity contribution in [3.63, 3.8) is 0 Å². The lowest BCUT2D eigenvalue weighted by Gasteiger charge is -2.27. The van der Waals surface area contributed by atoms with Crippen molar-refractivity contribution < 1.29 is 27.4 Å². The van der Waals surface area contributed by atoms with Crippen LogP contribution in [0.4, 0.5) is 17.6 Å². The highest BCUT2D eigenvalue weighted by Gasteiger charge is 2.33. The highest BCUT2D eigenvalue weighted by molar-refractivity contribution is 5.29. The molecule has 0 amide bonds. The summed E-state index contributed by atoms with van der Waals surface area (Å²) in [6, 6.07) is 2.12. The molecule has 1 heterocycles. The number of ether oxygens (including phenoxy) is 1. The maximum absolute atomic E-state index is 13.6. The van der Waals surface area contributed by atoms with E-state index in [1.54, 1.807) is 0 Å². The van der Waals surface area contributed by atoms with Crippen LogP contribution < -0.4 is 0 Å². The number of benzene rings is 1. The lowest BCUT2D eigenvalue weighted by Crippen LogP contribution is -2.23. The summed E-state index contributed by atoms with van der Waals surface area (Å²) in [5.74, 6) is -1.08. The first-order chi connectivity index (χ1) is 8.89. The Balaban J connectivity index is 2.27. The van der Waals surface area contributed by atoms with Crippen LogP contribution in [0.3, 0.4) is 0 Å². The number of aliphatic hydroxyl groups excluding tert-OH is 1. The first-order valence-electron chi connectivity index (χ1n) is 6.02. The first kappa shape index (κ1) is 14.3. The Hall–Kier alpha value is -1.14. The summed E-state index contributed by atoms with van der Waals surface area (Å²) in [5.41, 5.74) is -1.24. The van der Waals surface area contributed by atoms with Gasteiger partial charge in [0.2, 0.25) is 0 Å². The lowest BCUT2D eigenvalue weighted by atomic mass is 9.88. The number of hydrogen-bond donors (Lipinski definition) is 1. The van der Waals surface area contributed by atoms with E-state index in [-0.39, 0.29) is 11.5 Å². The summed E-state index contributed by atoms with van der Waals surface area (Å²) in [4.78, 5) is 0. The highest BCUT2D eigenvalue weighted by atomic mass is 19.4. The molecule has 0 aliphatic carbocycles. The van der Waals surface area contributed by atoms with Gasteiger partial charge in [-0.2, -0.15) is 13.2 Å². The molecule has 1 aromatic rings. The van der Waals surface area contributed by atoms with Crippen LogP contribution in [0.25, 0.3) is 0 Å². The average molecular weight is 278 g/mol. The molecule has 6 heteroatoms. The van der Waals surface area contributed by atoms with Gasteiger partial charge in [0, 0.05) is 18.8 Å². The number of aliphatic hydroxyl groups is 1. The zero-order valence-corrected chi connectivity index (χ0v) is 10.1. The Bertz CT molecular complexity index is 439. The normalized spacial score (nSPS) is 19.4. The second-order valence-electron chi connectivity index (χ2n) is 4.63. The van der Waals surface area contributed by atoms with E-state index in [9.17, 15) is 22.7 Å². The maximum atomic E-state index is 13.6. The predicted octanol–water partition coefficient (Wildman–Crippen LogP) is 3.30. The summed E-state index contributed by atoms with van der Waals surface area (Å²) in [5, 5.41) is 10.1. The zero-order valence-electron chi connectivity index (χ0n) is 10.1. The van der Waals surface area contributed by atoms with Crippen molar-refractivity contribution >= 4 is 0 Å². The molecule has 0 aromatic heterocycles. The van der Waals surface area contributed by atoms with Gasteiger partial charge in [-0.1, -0.05) is 0 Å². The van der Waals surface area contributed by atoms with Crippen molar-refractivity contribution in [2.75, 3.05) is 13.2 Å². The van der Waals surface area contributed by atoms with Gasteiger partial charge < -0.3 is 9.84 Å². The molecule has 2 rings (SSSR count). The molecule has 1 aliphatic heterocycles. The second kappa shape index (κ2) is 5.46. The van der Waals surface area contributed by atoms with Crippen LogP contribution in [-0.2, 0) is 10.9 Å². The van der Waals surface area contributed by atoms with Crippen LogP contribution >= 0.6 is 0 Å². The minimum absolute atomic E-state index is 0.272. The maximum Gasteiger partial charge on any atom is 0.416 e. The van der Waals surface area contributed by atoms with Crippen molar-refractivity contribution in [2.45, 2.75) is 25.1 Å². The molecule has 1 N–H and O–H groups in total. The standard InChI is InChI=1S/C13H14F4O2/c14-11-2-1-9(13(15,16)17)7-10(11)12(18)8-3-5-19-6-4-8/h1-2,7-8,12,18H,3-6H2. The molecular formula is C13H14F4O2. The van der Waals surface area contributed by atoms with Gasteiger partial charge in [-0.25, -0.2) is 4.39 Å². The van der Waals surface area contributed by atoms with Gasteiger partial charge in [-0.15, -0.1) is 0 Å². The fraction of sp³-hybridized carbons (Fsp3) is 0.538. The zero-order chi connectivity index (χ0) is 14.0. The van der Waals surface area contributed by atoms with Gasteiger partial charge in [0.25, 0.3) is 0 Å². The number of rotatable bonds is 2. The molecule has 0 saturated carbocycles. The van der Waals surface area contributed by atoms with Crippen LogP contribution in [-0.4, -0.2) is 18.3 Å². The van der Waals surface area contributed by atoms with E-state index in [4.69, 9.17) is 4.74 Å². The fourth-order valence-electron chi connectivity index (χ4n) is 2.23. The molecule has 0 bridgehead atoms. The third-order valence-electron chi connectivity index (χ3n) is 3.35. The topological polar surface area (TPSA) is 29.5 Å². The van der Waals surface area contributed by atoms with Gasteiger partial charge in [-0.3, -0.25) is 0 Å². The molecule has 1 atom stereocenters. The fourth-order valence-corrected chi connectivity index (χ4v) is 2.23. The van der Waals surface area contributed by atoms with Gasteiger partial charge in [0.1, 0.15) is 5.82 Å². The lowest BCUT2D eigenvalue weighted by molar-refractivity contribution is -0.137. The van der Waals surface area contributed by atoms with Crippen LogP contribution in [0.1, 0.15) is 30.1 Å². The Labute approximate surface area is 108 Å². The molecule has 2 nitrogen and oxygen atoms in total. The third kappa shape index (κ3) is 3.25. The summed E-state index contributed by atoms with van der Waals surface area (Å²) in [6.45, 7) is 0.866. The smallest absolute Gasteiger partial charge is 0.388 e. The van der Waals surface area contributed by atoms with Gasteiger partial charge in [0.15, 0.2) is 0 Å². The molecule has 0 spiro atoms. The molecule has 0 radical (unpaired) electrons. The molecule has 1 saturated heterocycles. The molecule has 106 valence electrons. The Morgan fingerprint density at radius 3 is 2.42 bits per heavy atom. The van der Waals surface area contributed by atoms with Crippen LogP contribution in [0, 0.1) is 11.7 Å². The van der Waals surface area contributed by atoms with Crippen LogP contribution in [0.2, 0.25) is 0 Å². The predicted molar refractivity (Wildman–Crippen MR) is 59.9 cm³/mol. The van der Waals surface area contributed by atoms with Gasteiger partial charge >= 0.3 is 6.18 Å². The SMILES string of the molecule is OC(c1cc(C(F)(F)F)ccc1F)C1CCOCC1. The molecule has 1 aliphatic rings. The van der Waals surface area contributed by atoms with Crippen LogP contribution in [0.15, 0.2) is 18.2 Å². The summed E-state index contributed by atoms with van der Waals surface area (Å²) >= 11 is 0. The minimum Gasteiger partial charge on any atom is -0.388 e. The Morgan fingerprint density at radius 2 is 1.84 bits per heavy atom. The monoisotopic (exact) mass is 278 g/mol. The summed E-state index contributed by atoms with van der Waals surface area (Å²) in [6.07, 6.45) is -4.75. The Morgan fingerprint density at radius 1 is 1.21 bits per heavy atom. The summed E-state index contributed by atoms with van der Waals surface area (Å²) in [7, 11) is 0. The average Bonchev–Trinajstić information content (AvgIpc) is 2.38. The molecular weight excluding hydrogens is 264 g/mol. The van der Waals surface area contributed by atoms with Crippen molar-refractivity contribution in [2.24, 2.45) is 5.92 Å². The molecule has 1 fully saturated rings. The number of hydrogen-bond acceptors (Lipinski definition) is 2. The second-order valence-corrected chi connectivity index (χ2v) is 4.63. The van der Waals surface area contributed by atoms with E-state index >= 15 is 0 Å². The van der Waals surface area contributed by atoms with Crippen molar-refractivity contribution in [3.8, 4) is 0 Å². The molecule has 1 aromatic carbocycles. The summed E-state index contributed by atoms with van der Waals surface area (Å²) < 4.78 is 56.5. The van der Waals surface area contributed by atoms with E-state index in [2.05, 4.69) is 0 Å². The minimum atomic E-state index is -4.54. The molecule has 1 unspecified atom stereocenters. The van der Waals surface area contributed by atoms with Crippen molar-refractivity contribution in [3.05, 3.63) is 35.1 Å². The van der Waals surface area contributed by atoms with E-state index in [0.717, 1.165) is 6.07 Å². The Kier molecular flexibility index (Phi) is 4.10. The van der Waals surface area contributed by atoms with Gasteiger partial charge in [0.05, 0.1) is 11.7 Å². The van der Waals surface area contributed by atoms with Crippen LogP contribution in [0.5, 0.6) is 0 Å². The molecule has 19 heavy (non-hydrogen) atoms. The largest absolute Gasteiger partial charge is 0.416 e. The van der Waals surface area contributed by atoms with Crippen molar-refractivity contribution in [1.29, 1.82) is 0 Å². The van der Waals surface area contributed by atoms with E-state index in [0.29, 0.717) is 38.2 Å². The first-order valence-corrected chi connectivity index (χ1v) is 6.02. The van der Waals surface area contributed by atoms with E-state index in [1.807, 2.05) is 0 Å². The van der Waals surface area contributed by atoms with Gasteiger partial charge in [-0.05, 0) is 37.0 Å². The highest BCUT2D eigenvalue weighted by Crippen LogP contribution is 2.35. The van der Waals surface area contributed by atoms with E-state index in [1.165, 1.54) is 0 Å². The van der Waals surface area contributed by atoms with E-state index < -0.39 is 23.7 Å². The quantitative estimate of drug-likeness (QED) is 0.841. The number of halogens is 4. The third-order valence-corrected chi connectivity index (χ3v) is 3.35. The van der Waals surface area contributed by atoms with Crippen molar-refractivity contribution in [1.82, 2.24) is 0 Å².